The van der Waals surface area contributed by atoms with Crippen molar-refractivity contribution in [3.63, 3.8) is 0 Å². The molecule has 1 aliphatic heterocycles. The molecule has 0 aromatic rings. The van der Waals surface area contributed by atoms with E-state index in [1.165, 1.54) is 0 Å². The predicted molar refractivity (Wildman–Crippen MR) is 45.6 cm³/mol. The van der Waals surface area contributed by atoms with Crippen molar-refractivity contribution < 1.29 is 9.47 Å². The molecular weight excluding hydrogens is 148 g/mol. The van der Waals surface area contributed by atoms with Crippen LogP contribution in [-0.2, 0) is 9.47 Å². The van der Waals surface area contributed by atoms with E-state index in [1.54, 1.807) is 0 Å². The zero-order valence-electron chi connectivity index (χ0n) is 6.81. The van der Waals surface area contributed by atoms with E-state index < -0.39 is 0 Å². The van der Waals surface area contributed by atoms with Gasteiger partial charge in [0, 0.05) is 0 Å². The van der Waals surface area contributed by atoms with Gasteiger partial charge in [-0.25, -0.2) is 0 Å². The Balaban J connectivity index is 0.000000810. The summed E-state index contributed by atoms with van der Waals surface area (Å²) in [6.45, 7) is 6.75. The minimum absolute atomic E-state index is 0. The highest BCUT2D eigenvalue weighted by Crippen LogP contribution is 2.23. The van der Waals surface area contributed by atoms with E-state index in [4.69, 9.17) is 9.47 Å². The fraction of sp³-hybridized carbons (Fsp3) is 1.00. The van der Waals surface area contributed by atoms with Crippen molar-refractivity contribution in [2.24, 2.45) is 0 Å². The van der Waals surface area contributed by atoms with Crippen molar-refractivity contribution >= 4 is 13.5 Å². The zero-order chi connectivity index (χ0) is 6.91. The van der Waals surface area contributed by atoms with E-state index in [0.29, 0.717) is 6.10 Å². The molecule has 0 N–H and O–H groups in total. The second-order valence-corrected chi connectivity index (χ2v) is 2.86. The maximum atomic E-state index is 5.48. The van der Waals surface area contributed by atoms with E-state index in [1.807, 2.05) is 13.8 Å². The van der Waals surface area contributed by atoms with Crippen LogP contribution in [0.25, 0.3) is 0 Å². The zero-order valence-corrected chi connectivity index (χ0v) is 7.81. The summed E-state index contributed by atoms with van der Waals surface area (Å²) in [5.74, 6) is -0.333. The molecule has 0 aliphatic carbocycles. The van der Waals surface area contributed by atoms with Crippen molar-refractivity contribution in [3.05, 3.63) is 0 Å². The molecule has 1 saturated heterocycles. The molecule has 0 saturated carbocycles. The summed E-state index contributed by atoms with van der Waals surface area (Å²) in [5.41, 5.74) is 0. The number of hydrogen-bond acceptors (Lipinski definition) is 2. The maximum absolute atomic E-state index is 5.48. The second kappa shape index (κ2) is 3.60. The molecule has 1 rings (SSSR count). The lowest BCUT2D eigenvalue weighted by Crippen LogP contribution is -2.21. The largest absolute Gasteiger partial charge is 0.348 e. The van der Waals surface area contributed by atoms with E-state index >= 15 is 0 Å². The molecular formula is C7H16O2S. The Kier molecular flexibility index (Phi) is 3.70. The normalized spacial score (nSPS) is 29.7. The Morgan fingerprint density at radius 2 is 2.10 bits per heavy atom. The molecule has 0 spiro atoms. The average molecular weight is 164 g/mol. The van der Waals surface area contributed by atoms with Gasteiger partial charge in [-0.15, -0.1) is 0 Å². The summed E-state index contributed by atoms with van der Waals surface area (Å²) >= 11 is 0. The van der Waals surface area contributed by atoms with Gasteiger partial charge < -0.3 is 9.47 Å². The predicted octanol–water partition coefficient (Wildman–Crippen LogP) is 1.66. The first-order chi connectivity index (χ1) is 4.14. The molecule has 0 unspecified atom stereocenters. The van der Waals surface area contributed by atoms with Crippen molar-refractivity contribution in [3.8, 4) is 0 Å². The van der Waals surface area contributed by atoms with Crippen LogP contribution < -0.4 is 0 Å². The fourth-order valence-electron chi connectivity index (χ4n) is 0.964. The SMILES string of the molecule is CC[C@H]1COC(C)(C)O1.S. The van der Waals surface area contributed by atoms with Crippen LogP contribution >= 0.6 is 13.5 Å². The minimum atomic E-state index is -0.333. The first-order valence-corrected chi connectivity index (χ1v) is 3.46. The Hall–Kier alpha value is 0.270. The third kappa shape index (κ3) is 2.48. The van der Waals surface area contributed by atoms with Gasteiger partial charge in [0.15, 0.2) is 5.79 Å². The van der Waals surface area contributed by atoms with E-state index in [-0.39, 0.29) is 19.3 Å². The van der Waals surface area contributed by atoms with Crippen LogP contribution in [0.15, 0.2) is 0 Å². The molecule has 1 fully saturated rings. The topological polar surface area (TPSA) is 18.5 Å². The van der Waals surface area contributed by atoms with Gasteiger partial charge in [-0.1, -0.05) is 6.92 Å². The Morgan fingerprint density at radius 1 is 1.50 bits per heavy atom. The lowest BCUT2D eigenvalue weighted by atomic mass is 10.3. The highest BCUT2D eigenvalue weighted by atomic mass is 32.1. The first-order valence-electron chi connectivity index (χ1n) is 3.46. The lowest BCUT2D eigenvalue weighted by Gasteiger charge is -2.16. The Labute approximate surface area is 69.3 Å². The maximum Gasteiger partial charge on any atom is 0.163 e. The lowest BCUT2D eigenvalue weighted by molar-refractivity contribution is -0.138. The van der Waals surface area contributed by atoms with Crippen molar-refractivity contribution in [2.75, 3.05) is 6.61 Å². The minimum Gasteiger partial charge on any atom is -0.348 e. The summed E-state index contributed by atoms with van der Waals surface area (Å²) in [4.78, 5) is 0. The quantitative estimate of drug-likeness (QED) is 0.587. The van der Waals surface area contributed by atoms with Gasteiger partial charge in [-0.05, 0) is 20.3 Å². The van der Waals surface area contributed by atoms with Gasteiger partial charge in [0.05, 0.1) is 12.7 Å². The Bertz CT molecular complexity index is 104. The van der Waals surface area contributed by atoms with Crippen molar-refractivity contribution in [2.45, 2.75) is 39.1 Å². The van der Waals surface area contributed by atoms with Crippen LogP contribution in [-0.4, -0.2) is 18.5 Å². The molecule has 1 aliphatic rings. The monoisotopic (exact) mass is 164 g/mol. The van der Waals surface area contributed by atoms with Gasteiger partial charge in [-0.3, -0.25) is 0 Å². The number of rotatable bonds is 1. The highest BCUT2D eigenvalue weighted by Gasteiger charge is 2.31. The third-order valence-corrected chi connectivity index (χ3v) is 1.52. The van der Waals surface area contributed by atoms with Gasteiger partial charge in [0.25, 0.3) is 0 Å². The smallest absolute Gasteiger partial charge is 0.163 e. The third-order valence-electron chi connectivity index (χ3n) is 1.52. The highest BCUT2D eigenvalue weighted by molar-refractivity contribution is 7.59. The van der Waals surface area contributed by atoms with Crippen LogP contribution in [0.1, 0.15) is 27.2 Å². The summed E-state index contributed by atoms with van der Waals surface area (Å²) < 4.78 is 10.8. The molecule has 10 heavy (non-hydrogen) atoms. The molecule has 1 atom stereocenters. The van der Waals surface area contributed by atoms with Gasteiger partial charge in [0.1, 0.15) is 0 Å². The molecule has 0 aromatic heterocycles. The van der Waals surface area contributed by atoms with Crippen LogP contribution in [0.4, 0.5) is 0 Å². The molecule has 0 radical (unpaired) electrons. The Morgan fingerprint density at radius 3 is 2.30 bits per heavy atom. The van der Waals surface area contributed by atoms with E-state index in [2.05, 4.69) is 6.92 Å². The summed E-state index contributed by atoms with van der Waals surface area (Å²) in [6.07, 6.45) is 1.36. The standard InChI is InChI=1S/C7H14O2.H2S/c1-4-6-5-8-7(2,3)9-6;/h6H,4-5H2,1-3H3;1H2/t6-;/m0./s1. The average Bonchev–Trinajstić information content (AvgIpc) is 2.10. The molecule has 2 nitrogen and oxygen atoms in total. The summed E-state index contributed by atoms with van der Waals surface area (Å²) in [5, 5.41) is 0. The molecule has 0 amide bonds. The van der Waals surface area contributed by atoms with Crippen LogP contribution in [0, 0.1) is 0 Å². The molecule has 62 valence electrons. The molecule has 0 aromatic carbocycles. The van der Waals surface area contributed by atoms with Crippen molar-refractivity contribution in [1.29, 1.82) is 0 Å². The van der Waals surface area contributed by atoms with Crippen molar-refractivity contribution in [1.82, 2.24) is 0 Å². The summed E-state index contributed by atoms with van der Waals surface area (Å²) in [7, 11) is 0. The van der Waals surface area contributed by atoms with Gasteiger partial charge in [-0.2, -0.15) is 13.5 Å². The second-order valence-electron chi connectivity index (χ2n) is 2.86. The molecule has 0 bridgehead atoms. The van der Waals surface area contributed by atoms with Crippen LogP contribution in [0.2, 0.25) is 0 Å². The molecule has 3 heteroatoms. The number of hydrogen-bond donors (Lipinski definition) is 0. The van der Waals surface area contributed by atoms with E-state index in [0.717, 1.165) is 13.0 Å². The summed E-state index contributed by atoms with van der Waals surface area (Å²) in [6, 6.07) is 0. The number of ether oxygens (including phenoxy) is 2. The van der Waals surface area contributed by atoms with Gasteiger partial charge >= 0.3 is 0 Å². The van der Waals surface area contributed by atoms with E-state index in [9.17, 15) is 0 Å². The fourth-order valence-corrected chi connectivity index (χ4v) is 0.964. The van der Waals surface area contributed by atoms with Crippen LogP contribution in [0.3, 0.4) is 0 Å². The van der Waals surface area contributed by atoms with Crippen LogP contribution in [0.5, 0.6) is 0 Å². The molecule has 1 heterocycles. The van der Waals surface area contributed by atoms with Gasteiger partial charge in [0.2, 0.25) is 0 Å². The first kappa shape index (κ1) is 10.3.